The van der Waals surface area contributed by atoms with Crippen LogP contribution in [-0.2, 0) is 0 Å². The zero-order valence-corrected chi connectivity index (χ0v) is 10.5. The second-order valence-corrected chi connectivity index (χ2v) is 4.52. The lowest BCUT2D eigenvalue weighted by molar-refractivity contribution is 0.990. The van der Waals surface area contributed by atoms with E-state index in [1.54, 1.807) is 0 Å². The normalized spacial score (nSPS) is 12.1. The van der Waals surface area contributed by atoms with Crippen LogP contribution in [0.2, 0.25) is 0 Å². The van der Waals surface area contributed by atoms with E-state index in [1.807, 2.05) is 6.07 Å². The summed E-state index contributed by atoms with van der Waals surface area (Å²) >= 11 is 0. The van der Waals surface area contributed by atoms with Gasteiger partial charge in [-0.15, -0.1) is 0 Å². The van der Waals surface area contributed by atoms with E-state index in [-0.39, 0.29) is 0 Å². The molecule has 0 bridgehead atoms. The van der Waals surface area contributed by atoms with Gasteiger partial charge in [0.15, 0.2) is 0 Å². The van der Waals surface area contributed by atoms with Gasteiger partial charge in [0, 0.05) is 5.92 Å². The Hall–Kier alpha value is -1.82. The fourth-order valence-corrected chi connectivity index (χ4v) is 1.96. The predicted octanol–water partition coefficient (Wildman–Crippen LogP) is 4.81. The lowest BCUT2D eigenvalue weighted by Crippen LogP contribution is -1.96. The Balaban J connectivity index is 2.23. The fraction of sp³-hybridized carbons (Fsp3) is 0.176. The van der Waals surface area contributed by atoms with Crippen molar-refractivity contribution < 1.29 is 0 Å². The van der Waals surface area contributed by atoms with Crippen molar-refractivity contribution in [1.29, 1.82) is 0 Å². The van der Waals surface area contributed by atoms with E-state index in [0.29, 0.717) is 5.92 Å². The molecule has 0 radical (unpaired) electrons. The summed E-state index contributed by atoms with van der Waals surface area (Å²) in [5, 5.41) is 0. The first-order valence-corrected chi connectivity index (χ1v) is 5.99. The number of benzene rings is 2. The highest BCUT2D eigenvalue weighted by molar-refractivity contribution is 5.69. The van der Waals surface area contributed by atoms with Crippen LogP contribution in [0.25, 0.3) is 5.57 Å². The van der Waals surface area contributed by atoms with E-state index in [9.17, 15) is 0 Å². The minimum Gasteiger partial charge on any atom is -0.0946 e. The van der Waals surface area contributed by atoms with Gasteiger partial charge in [-0.1, -0.05) is 73.7 Å². The Kier molecular flexibility index (Phi) is 3.43. The summed E-state index contributed by atoms with van der Waals surface area (Å²) in [4.78, 5) is 0. The molecule has 0 aliphatic carbocycles. The summed E-state index contributed by atoms with van der Waals surface area (Å²) in [6.07, 6.45) is 0. The number of rotatable bonds is 3. The fourth-order valence-electron chi connectivity index (χ4n) is 1.96. The third kappa shape index (κ3) is 2.65. The largest absolute Gasteiger partial charge is 0.0946 e. The van der Waals surface area contributed by atoms with Crippen molar-refractivity contribution in [3.05, 3.63) is 77.9 Å². The van der Waals surface area contributed by atoms with Gasteiger partial charge in [0.2, 0.25) is 0 Å². The SMILES string of the molecule is C=C(c1ccccc1)C(C)c1ccc(C)cc1. The molecular weight excluding hydrogens is 204 g/mol. The van der Waals surface area contributed by atoms with Gasteiger partial charge in [0.25, 0.3) is 0 Å². The van der Waals surface area contributed by atoms with Gasteiger partial charge in [0.05, 0.1) is 0 Å². The first kappa shape index (κ1) is 11.7. The van der Waals surface area contributed by atoms with Crippen LogP contribution in [0.1, 0.15) is 29.5 Å². The molecule has 0 aromatic heterocycles. The van der Waals surface area contributed by atoms with Gasteiger partial charge in [-0.2, -0.15) is 0 Å². The van der Waals surface area contributed by atoms with E-state index in [2.05, 4.69) is 69.0 Å². The maximum atomic E-state index is 4.22. The summed E-state index contributed by atoms with van der Waals surface area (Å²) < 4.78 is 0. The zero-order valence-electron chi connectivity index (χ0n) is 10.5. The van der Waals surface area contributed by atoms with Crippen molar-refractivity contribution in [2.45, 2.75) is 19.8 Å². The molecule has 0 saturated carbocycles. The van der Waals surface area contributed by atoms with Gasteiger partial charge in [-0.3, -0.25) is 0 Å². The molecule has 0 aliphatic heterocycles. The van der Waals surface area contributed by atoms with Crippen molar-refractivity contribution in [1.82, 2.24) is 0 Å². The average Bonchev–Trinajstić information content (AvgIpc) is 2.39. The molecule has 17 heavy (non-hydrogen) atoms. The molecular formula is C17H18. The monoisotopic (exact) mass is 222 g/mol. The Morgan fingerprint density at radius 1 is 0.941 bits per heavy atom. The number of aryl methyl sites for hydroxylation is 1. The highest BCUT2D eigenvalue weighted by atomic mass is 14.1. The summed E-state index contributed by atoms with van der Waals surface area (Å²) in [5.74, 6) is 0.359. The van der Waals surface area contributed by atoms with Crippen molar-refractivity contribution >= 4 is 5.57 Å². The molecule has 0 fully saturated rings. The second-order valence-electron chi connectivity index (χ2n) is 4.52. The highest BCUT2D eigenvalue weighted by Crippen LogP contribution is 2.30. The van der Waals surface area contributed by atoms with Gasteiger partial charge < -0.3 is 0 Å². The highest BCUT2D eigenvalue weighted by Gasteiger charge is 2.10. The van der Waals surface area contributed by atoms with Crippen molar-refractivity contribution in [2.24, 2.45) is 0 Å². The molecule has 0 heteroatoms. The molecule has 0 heterocycles. The van der Waals surface area contributed by atoms with E-state index in [1.165, 1.54) is 22.3 Å². The minimum atomic E-state index is 0.359. The zero-order chi connectivity index (χ0) is 12.3. The number of hydrogen-bond acceptors (Lipinski definition) is 0. The predicted molar refractivity (Wildman–Crippen MR) is 75.1 cm³/mol. The molecule has 2 aromatic carbocycles. The van der Waals surface area contributed by atoms with Gasteiger partial charge in [0.1, 0.15) is 0 Å². The Morgan fingerprint density at radius 3 is 2.12 bits per heavy atom. The first-order valence-electron chi connectivity index (χ1n) is 5.99. The molecule has 0 saturated heterocycles. The summed E-state index contributed by atoms with van der Waals surface area (Å²) in [5.41, 5.74) is 5.02. The lowest BCUT2D eigenvalue weighted by Gasteiger charge is -2.15. The Morgan fingerprint density at radius 2 is 1.53 bits per heavy atom. The van der Waals surface area contributed by atoms with Crippen LogP contribution in [0.3, 0.4) is 0 Å². The molecule has 1 unspecified atom stereocenters. The summed E-state index contributed by atoms with van der Waals surface area (Å²) in [7, 11) is 0. The second kappa shape index (κ2) is 5.01. The van der Waals surface area contributed by atoms with Crippen LogP contribution >= 0.6 is 0 Å². The molecule has 2 aromatic rings. The quantitative estimate of drug-likeness (QED) is 0.699. The molecule has 0 spiro atoms. The lowest BCUT2D eigenvalue weighted by atomic mass is 9.89. The Labute approximate surface area is 104 Å². The summed E-state index contributed by atoms with van der Waals surface area (Å²) in [6.45, 7) is 8.54. The van der Waals surface area contributed by atoms with Crippen LogP contribution in [-0.4, -0.2) is 0 Å². The van der Waals surface area contributed by atoms with E-state index in [0.717, 1.165) is 0 Å². The van der Waals surface area contributed by atoms with E-state index in [4.69, 9.17) is 0 Å². The van der Waals surface area contributed by atoms with Crippen LogP contribution in [0.4, 0.5) is 0 Å². The third-order valence-corrected chi connectivity index (χ3v) is 3.24. The minimum absolute atomic E-state index is 0.359. The third-order valence-electron chi connectivity index (χ3n) is 3.24. The molecule has 0 nitrogen and oxygen atoms in total. The van der Waals surface area contributed by atoms with Crippen molar-refractivity contribution in [3.8, 4) is 0 Å². The van der Waals surface area contributed by atoms with Gasteiger partial charge in [-0.05, 0) is 23.6 Å². The molecule has 1 atom stereocenters. The van der Waals surface area contributed by atoms with Crippen LogP contribution in [0, 0.1) is 6.92 Å². The maximum absolute atomic E-state index is 4.22. The van der Waals surface area contributed by atoms with E-state index < -0.39 is 0 Å². The van der Waals surface area contributed by atoms with Crippen LogP contribution in [0.5, 0.6) is 0 Å². The first-order chi connectivity index (χ1) is 8.18. The van der Waals surface area contributed by atoms with Gasteiger partial charge in [-0.25, -0.2) is 0 Å². The molecule has 86 valence electrons. The number of hydrogen-bond donors (Lipinski definition) is 0. The topological polar surface area (TPSA) is 0 Å². The van der Waals surface area contributed by atoms with Crippen LogP contribution < -0.4 is 0 Å². The van der Waals surface area contributed by atoms with Gasteiger partial charge >= 0.3 is 0 Å². The van der Waals surface area contributed by atoms with Crippen LogP contribution in [0.15, 0.2) is 61.2 Å². The smallest absolute Gasteiger partial charge is 0.00610 e. The van der Waals surface area contributed by atoms with Crippen molar-refractivity contribution in [3.63, 3.8) is 0 Å². The number of allylic oxidation sites excluding steroid dienone is 1. The maximum Gasteiger partial charge on any atom is 0.00610 e. The standard InChI is InChI=1S/C17H18/c1-13-9-11-17(12-10-13)15(3)14(2)16-7-5-4-6-8-16/h4-12,15H,2H2,1,3H3. The Bertz CT molecular complexity index is 491. The summed E-state index contributed by atoms with van der Waals surface area (Å²) in [6, 6.07) is 19.1. The van der Waals surface area contributed by atoms with Crippen molar-refractivity contribution in [2.75, 3.05) is 0 Å². The molecule has 0 aliphatic rings. The molecule has 2 rings (SSSR count). The molecule has 0 N–H and O–H groups in total. The molecule has 0 amide bonds. The van der Waals surface area contributed by atoms with E-state index >= 15 is 0 Å². The average molecular weight is 222 g/mol.